The van der Waals surface area contributed by atoms with Gasteiger partial charge in [0.15, 0.2) is 0 Å². The fraction of sp³-hybridized carbons (Fsp3) is 1.00. The fourth-order valence-corrected chi connectivity index (χ4v) is 9.43. The van der Waals surface area contributed by atoms with Crippen LogP contribution in [0.2, 0.25) is 0 Å². The zero-order valence-corrected chi connectivity index (χ0v) is 21.6. The predicted octanol–water partition coefficient (Wildman–Crippen LogP) is 7.65. The highest BCUT2D eigenvalue weighted by Crippen LogP contribution is 2.62. The smallest absolute Gasteiger partial charge is 0.113 e. The van der Waals surface area contributed by atoms with Crippen LogP contribution < -0.4 is 0 Å². The molecule has 5 aliphatic rings. The lowest BCUT2D eigenvalue weighted by atomic mass is 9.55. The van der Waals surface area contributed by atoms with Crippen molar-refractivity contribution in [3.05, 3.63) is 0 Å². The molecule has 3 aliphatic carbocycles. The third kappa shape index (κ3) is 4.38. The first-order valence-corrected chi connectivity index (χ1v) is 14.6. The number of hydrogen-bond acceptors (Lipinski definition) is 4. The van der Waals surface area contributed by atoms with Crippen molar-refractivity contribution in [1.82, 2.24) is 0 Å². The molecule has 2 nitrogen and oxygen atoms in total. The third-order valence-corrected chi connectivity index (χ3v) is 13.4. The Morgan fingerprint density at radius 2 is 0.767 bits per heavy atom. The number of thioether (sulfide) groups is 2. The van der Waals surface area contributed by atoms with E-state index >= 15 is 0 Å². The summed E-state index contributed by atoms with van der Waals surface area (Å²) in [5.41, 5.74) is 2.00. The van der Waals surface area contributed by atoms with Crippen molar-refractivity contribution < 1.29 is 9.47 Å². The normalized spacial score (nSPS) is 35.6. The van der Waals surface area contributed by atoms with Crippen molar-refractivity contribution in [2.45, 2.75) is 115 Å². The molecule has 0 bridgehead atoms. The van der Waals surface area contributed by atoms with Crippen LogP contribution in [0.15, 0.2) is 0 Å². The summed E-state index contributed by atoms with van der Waals surface area (Å²) in [5, 5.41) is 0. The molecule has 0 aromatic carbocycles. The first-order chi connectivity index (χ1) is 14.1. The highest BCUT2D eigenvalue weighted by molar-refractivity contribution is 8.00. The molecule has 2 aliphatic heterocycles. The fourth-order valence-electron chi connectivity index (χ4n) is 6.68. The quantitative estimate of drug-likeness (QED) is 0.375. The van der Waals surface area contributed by atoms with E-state index in [1.165, 1.54) is 88.6 Å². The molecule has 5 rings (SSSR count). The summed E-state index contributed by atoms with van der Waals surface area (Å²) >= 11 is 4.27. The monoisotopic (exact) mass is 452 g/mol. The third-order valence-electron chi connectivity index (χ3n) is 9.42. The molecule has 0 aromatic heterocycles. The van der Waals surface area contributed by atoms with Crippen LogP contribution in [0, 0.1) is 21.7 Å². The van der Waals surface area contributed by atoms with E-state index in [4.69, 9.17) is 9.47 Å². The molecule has 4 heteroatoms. The average Bonchev–Trinajstić information content (AvgIpc) is 2.74. The summed E-state index contributed by atoms with van der Waals surface area (Å²) in [5.74, 6) is 2.53. The van der Waals surface area contributed by atoms with Crippen LogP contribution in [0.5, 0.6) is 0 Å². The summed E-state index contributed by atoms with van der Waals surface area (Å²) < 4.78 is 13.0. The number of rotatable bonds is 0. The molecular weight excluding hydrogens is 408 g/mol. The van der Waals surface area contributed by atoms with Gasteiger partial charge in [-0.15, -0.1) is 23.5 Å². The zero-order valence-electron chi connectivity index (χ0n) is 19.9. The van der Waals surface area contributed by atoms with Crippen molar-refractivity contribution in [3.8, 4) is 0 Å². The average molecular weight is 453 g/mol. The van der Waals surface area contributed by atoms with E-state index in [1.54, 1.807) is 0 Å². The maximum Gasteiger partial charge on any atom is 0.113 e. The van der Waals surface area contributed by atoms with Gasteiger partial charge in [-0.3, -0.25) is 0 Å². The SMILES string of the molecule is CC1(C)COC2(CCC3(CCC4(CC3)CCC3(CC4)OCC(C)(C)CS3)CC2)SC1. The van der Waals surface area contributed by atoms with Crippen LogP contribution in [-0.4, -0.2) is 34.6 Å². The van der Waals surface area contributed by atoms with Gasteiger partial charge in [0.1, 0.15) is 9.87 Å². The maximum absolute atomic E-state index is 6.49. The van der Waals surface area contributed by atoms with Gasteiger partial charge < -0.3 is 9.47 Å². The van der Waals surface area contributed by atoms with E-state index in [0.29, 0.717) is 21.7 Å². The first-order valence-electron chi connectivity index (χ1n) is 12.6. The van der Waals surface area contributed by atoms with Crippen molar-refractivity contribution >= 4 is 23.5 Å². The van der Waals surface area contributed by atoms with Crippen LogP contribution >= 0.6 is 23.5 Å². The van der Waals surface area contributed by atoms with Crippen LogP contribution in [0.3, 0.4) is 0 Å². The topological polar surface area (TPSA) is 18.5 Å². The Morgan fingerprint density at radius 1 is 0.467 bits per heavy atom. The molecule has 0 amide bonds. The van der Waals surface area contributed by atoms with E-state index < -0.39 is 0 Å². The van der Waals surface area contributed by atoms with Gasteiger partial charge >= 0.3 is 0 Å². The van der Waals surface area contributed by atoms with Crippen molar-refractivity contribution in [2.24, 2.45) is 21.7 Å². The van der Waals surface area contributed by atoms with Gasteiger partial charge in [-0.1, -0.05) is 27.7 Å². The lowest BCUT2D eigenvalue weighted by molar-refractivity contribution is -0.0930. The van der Waals surface area contributed by atoms with Gasteiger partial charge in [-0.2, -0.15) is 0 Å². The summed E-state index contributed by atoms with van der Waals surface area (Å²) in [7, 11) is 0. The standard InChI is InChI=1S/C26H44O2S2/c1-21(2)17-27-25(29-19-21)13-9-23(10-14-25)5-7-24(8-6-23)11-15-26(16-12-24)28-18-22(3,4)20-30-26/h5-20H2,1-4H3. The summed E-state index contributed by atoms with van der Waals surface area (Å²) in [4.78, 5) is 0.326. The van der Waals surface area contributed by atoms with E-state index in [0.717, 1.165) is 13.2 Å². The zero-order chi connectivity index (χ0) is 21.1. The van der Waals surface area contributed by atoms with Crippen molar-refractivity contribution in [2.75, 3.05) is 24.7 Å². The maximum atomic E-state index is 6.49. The largest absolute Gasteiger partial charge is 0.364 e. The lowest BCUT2D eigenvalue weighted by Gasteiger charge is -2.56. The molecule has 3 saturated carbocycles. The van der Waals surface area contributed by atoms with E-state index in [9.17, 15) is 0 Å². The van der Waals surface area contributed by atoms with Gasteiger partial charge in [0.2, 0.25) is 0 Å². The van der Waals surface area contributed by atoms with Crippen molar-refractivity contribution in [3.63, 3.8) is 0 Å². The number of hydrogen-bond donors (Lipinski definition) is 0. The molecule has 2 heterocycles. The predicted molar refractivity (Wildman–Crippen MR) is 130 cm³/mol. The van der Waals surface area contributed by atoms with Gasteiger partial charge in [0, 0.05) is 11.5 Å². The van der Waals surface area contributed by atoms with E-state index in [2.05, 4.69) is 51.2 Å². The van der Waals surface area contributed by atoms with E-state index in [-0.39, 0.29) is 9.87 Å². The Balaban J connectivity index is 1.13. The molecule has 5 fully saturated rings. The lowest BCUT2D eigenvalue weighted by Crippen LogP contribution is -2.49. The Bertz CT molecular complexity index is 547. The summed E-state index contributed by atoms with van der Waals surface area (Å²) in [6, 6.07) is 0. The molecule has 0 unspecified atom stereocenters. The molecule has 0 atom stereocenters. The summed E-state index contributed by atoms with van der Waals surface area (Å²) in [6.45, 7) is 11.3. The molecule has 4 spiro atoms. The Hall–Kier alpha value is 0.620. The number of ether oxygens (including phenoxy) is 2. The van der Waals surface area contributed by atoms with Gasteiger partial charge in [0.25, 0.3) is 0 Å². The molecule has 0 aromatic rings. The van der Waals surface area contributed by atoms with Crippen LogP contribution in [-0.2, 0) is 9.47 Å². The highest BCUT2D eigenvalue weighted by atomic mass is 32.2. The molecule has 2 saturated heterocycles. The minimum atomic E-state index is 0.163. The van der Waals surface area contributed by atoms with Crippen LogP contribution in [0.4, 0.5) is 0 Å². The van der Waals surface area contributed by atoms with Crippen LogP contribution in [0.1, 0.15) is 105 Å². The van der Waals surface area contributed by atoms with E-state index in [1.807, 2.05) is 0 Å². The summed E-state index contributed by atoms with van der Waals surface area (Å²) in [6.07, 6.45) is 16.7. The highest BCUT2D eigenvalue weighted by Gasteiger charge is 2.52. The molecule has 30 heavy (non-hydrogen) atoms. The molecular formula is C26H44O2S2. The second-order valence-corrected chi connectivity index (χ2v) is 15.9. The Morgan fingerprint density at radius 3 is 1.03 bits per heavy atom. The minimum absolute atomic E-state index is 0.163. The second-order valence-electron chi connectivity index (χ2n) is 13.3. The molecule has 172 valence electrons. The van der Waals surface area contributed by atoms with Gasteiger partial charge in [-0.05, 0) is 98.7 Å². The molecule has 0 radical (unpaired) electrons. The Labute approximate surface area is 193 Å². The van der Waals surface area contributed by atoms with Gasteiger partial charge in [-0.25, -0.2) is 0 Å². The second kappa shape index (κ2) is 7.57. The Kier molecular flexibility index (Phi) is 5.65. The first kappa shape index (κ1) is 22.4. The van der Waals surface area contributed by atoms with Crippen molar-refractivity contribution in [1.29, 1.82) is 0 Å². The minimum Gasteiger partial charge on any atom is -0.364 e. The van der Waals surface area contributed by atoms with Gasteiger partial charge in [0.05, 0.1) is 13.2 Å². The molecule has 0 N–H and O–H groups in total. The van der Waals surface area contributed by atoms with Crippen LogP contribution in [0.25, 0.3) is 0 Å².